The van der Waals surface area contributed by atoms with Crippen molar-refractivity contribution >= 4 is 11.6 Å². The molecule has 0 spiro atoms. The van der Waals surface area contributed by atoms with E-state index in [1.54, 1.807) is 19.1 Å². The number of carbonyl (C=O) groups excluding carboxylic acids is 1. The number of morpholine rings is 1. The van der Waals surface area contributed by atoms with Gasteiger partial charge >= 0.3 is 6.18 Å². The van der Waals surface area contributed by atoms with E-state index in [-0.39, 0.29) is 30.3 Å². The van der Waals surface area contributed by atoms with Gasteiger partial charge in [0.05, 0.1) is 30.1 Å². The maximum atomic E-state index is 13.1. The van der Waals surface area contributed by atoms with Crippen molar-refractivity contribution in [1.82, 2.24) is 4.90 Å². The Morgan fingerprint density at radius 3 is 2.35 bits per heavy atom. The smallest absolute Gasteiger partial charge is 0.416 e. The number of carbonyl (C=O) groups is 1. The van der Waals surface area contributed by atoms with Gasteiger partial charge in [0.15, 0.2) is 0 Å². The van der Waals surface area contributed by atoms with E-state index >= 15 is 0 Å². The van der Waals surface area contributed by atoms with Crippen LogP contribution < -0.4 is 10.1 Å². The topological polar surface area (TPSA) is 50.8 Å². The summed E-state index contributed by atoms with van der Waals surface area (Å²) in [5, 5.41) is 2.55. The van der Waals surface area contributed by atoms with Gasteiger partial charge in [-0.05, 0) is 56.7 Å². The monoisotopic (exact) mass is 436 g/mol. The van der Waals surface area contributed by atoms with E-state index < -0.39 is 17.6 Å². The molecule has 2 aromatic rings. The summed E-state index contributed by atoms with van der Waals surface area (Å²) in [5.74, 6) is -0.309. The molecule has 1 aliphatic rings. The summed E-state index contributed by atoms with van der Waals surface area (Å²) in [4.78, 5) is 14.9. The van der Waals surface area contributed by atoms with Crippen LogP contribution in [0.3, 0.4) is 0 Å². The number of anilines is 1. The van der Waals surface area contributed by atoms with Crippen molar-refractivity contribution in [3.63, 3.8) is 0 Å². The van der Waals surface area contributed by atoms with Gasteiger partial charge in [0.2, 0.25) is 0 Å². The first-order valence-corrected chi connectivity index (χ1v) is 10.3. The molecule has 1 saturated heterocycles. The van der Waals surface area contributed by atoms with Crippen LogP contribution in [0.5, 0.6) is 5.75 Å². The zero-order valence-corrected chi connectivity index (χ0v) is 17.8. The Balaban J connectivity index is 1.70. The Morgan fingerprint density at radius 1 is 1.13 bits per heavy atom. The Morgan fingerprint density at radius 2 is 1.77 bits per heavy atom. The molecule has 2 atom stereocenters. The minimum absolute atomic E-state index is 0.0120. The van der Waals surface area contributed by atoms with E-state index in [4.69, 9.17) is 9.47 Å². The molecule has 1 N–H and O–H groups in total. The van der Waals surface area contributed by atoms with Crippen molar-refractivity contribution in [2.24, 2.45) is 0 Å². The second-order valence-electron chi connectivity index (χ2n) is 7.74. The van der Waals surface area contributed by atoms with Gasteiger partial charge in [-0.3, -0.25) is 9.69 Å². The number of amides is 1. The maximum Gasteiger partial charge on any atom is 0.416 e. The largest absolute Gasteiger partial charge is 0.492 e. The Labute approximate surface area is 180 Å². The molecule has 8 heteroatoms. The number of nitrogens with one attached hydrogen (secondary N) is 1. The van der Waals surface area contributed by atoms with Crippen molar-refractivity contribution in [2.45, 2.75) is 45.7 Å². The average Bonchev–Trinajstić information content (AvgIpc) is 2.68. The first-order chi connectivity index (χ1) is 14.7. The fraction of sp³-hybridized carbons (Fsp3) is 0.435. The highest BCUT2D eigenvalue weighted by Gasteiger charge is 2.31. The minimum atomic E-state index is -4.51. The van der Waals surface area contributed by atoms with Crippen molar-refractivity contribution in [1.29, 1.82) is 0 Å². The summed E-state index contributed by atoms with van der Waals surface area (Å²) >= 11 is 0. The molecule has 0 radical (unpaired) electrons. The second kappa shape index (κ2) is 9.70. The van der Waals surface area contributed by atoms with Crippen molar-refractivity contribution < 1.29 is 27.4 Å². The van der Waals surface area contributed by atoms with Gasteiger partial charge in [0, 0.05) is 25.2 Å². The summed E-state index contributed by atoms with van der Waals surface area (Å²) in [6, 6.07) is 10.1. The van der Waals surface area contributed by atoms with Crippen LogP contribution in [-0.2, 0) is 17.5 Å². The Bertz CT molecular complexity index is 890. The molecule has 3 rings (SSSR count). The third-order valence-electron chi connectivity index (χ3n) is 4.97. The first kappa shape index (κ1) is 23.1. The molecule has 1 fully saturated rings. The highest BCUT2D eigenvalue weighted by Crippen LogP contribution is 2.35. The fourth-order valence-corrected chi connectivity index (χ4v) is 3.71. The lowest BCUT2D eigenvalue weighted by Crippen LogP contribution is -2.44. The zero-order chi connectivity index (χ0) is 22.6. The van der Waals surface area contributed by atoms with Crippen LogP contribution in [0.15, 0.2) is 42.5 Å². The number of hydrogen-bond donors (Lipinski definition) is 1. The molecule has 5 nitrogen and oxygen atoms in total. The van der Waals surface area contributed by atoms with Crippen LogP contribution in [0.4, 0.5) is 18.9 Å². The lowest BCUT2D eigenvalue weighted by molar-refractivity contribution is -0.137. The van der Waals surface area contributed by atoms with Crippen molar-refractivity contribution in [3.05, 3.63) is 59.2 Å². The molecule has 2 aromatic carbocycles. The number of alkyl halides is 3. The number of nitrogens with zero attached hydrogens (tertiary/aromatic N) is 1. The molecular weight excluding hydrogens is 409 g/mol. The molecular formula is C23H27F3N2O3. The third kappa shape index (κ3) is 6.21. The summed E-state index contributed by atoms with van der Waals surface area (Å²) in [7, 11) is 0. The van der Waals surface area contributed by atoms with Gasteiger partial charge < -0.3 is 14.8 Å². The van der Waals surface area contributed by atoms with Gasteiger partial charge in [-0.25, -0.2) is 0 Å². The zero-order valence-electron chi connectivity index (χ0n) is 17.8. The maximum absolute atomic E-state index is 13.1. The van der Waals surface area contributed by atoms with Gasteiger partial charge in [0.1, 0.15) is 5.75 Å². The molecule has 0 bridgehead atoms. The highest BCUT2D eigenvalue weighted by atomic mass is 19.4. The van der Waals surface area contributed by atoms with E-state index in [9.17, 15) is 18.0 Å². The average molecular weight is 436 g/mol. The Kier molecular flexibility index (Phi) is 7.23. The molecule has 0 saturated carbocycles. The summed E-state index contributed by atoms with van der Waals surface area (Å²) in [6.07, 6.45) is -4.18. The first-order valence-electron chi connectivity index (χ1n) is 10.3. The van der Waals surface area contributed by atoms with Crippen molar-refractivity contribution in [2.75, 3.05) is 25.0 Å². The normalized spacial score (nSPS) is 19.8. The predicted molar refractivity (Wildman–Crippen MR) is 112 cm³/mol. The van der Waals surface area contributed by atoms with E-state index in [1.807, 2.05) is 26.0 Å². The molecule has 168 valence electrons. The molecule has 31 heavy (non-hydrogen) atoms. The lowest BCUT2D eigenvalue weighted by atomic mass is 10.1. The molecule has 1 heterocycles. The van der Waals surface area contributed by atoms with Crippen LogP contribution in [0, 0.1) is 0 Å². The van der Waals surface area contributed by atoms with Gasteiger partial charge in [0.25, 0.3) is 5.91 Å². The van der Waals surface area contributed by atoms with Crippen LogP contribution in [0.1, 0.15) is 42.3 Å². The van der Waals surface area contributed by atoms with E-state index in [0.717, 1.165) is 37.3 Å². The second-order valence-corrected chi connectivity index (χ2v) is 7.74. The molecule has 1 amide bonds. The van der Waals surface area contributed by atoms with E-state index in [2.05, 4.69) is 10.2 Å². The number of benzene rings is 2. The lowest BCUT2D eigenvalue weighted by Gasteiger charge is -2.35. The van der Waals surface area contributed by atoms with Crippen LogP contribution in [0.25, 0.3) is 0 Å². The molecule has 1 aliphatic heterocycles. The molecule has 0 aromatic heterocycles. The van der Waals surface area contributed by atoms with Gasteiger partial charge in [-0.15, -0.1) is 0 Å². The van der Waals surface area contributed by atoms with Crippen molar-refractivity contribution in [3.8, 4) is 5.75 Å². The number of halogens is 3. The SMILES string of the molecule is CCOc1ccc(C(F)(F)F)cc1NC(=O)c1ccc(CN2CC(C)OC(C)C2)cc1. The third-order valence-corrected chi connectivity index (χ3v) is 4.97. The summed E-state index contributed by atoms with van der Waals surface area (Å²) in [5.41, 5.74) is 0.539. The summed E-state index contributed by atoms with van der Waals surface area (Å²) < 4.78 is 50.3. The Hall–Kier alpha value is -2.58. The highest BCUT2D eigenvalue weighted by molar-refractivity contribution is 6.05. The standard InChI is InChI=1S/C23H27F3N2O3/c1-4-30-21-10-9-19(23(24,25)26)11-20(21)27-22(29)18-7-5-17(6-8-18)14-28-12-15(2)31-16(3)13-28/h5-11,15-16H,4,12-14H2,1-3H3,(H,27,29). The molecule has 0 aliphatic carbocycles. The van der Waals surface area contributed by atoms with E-state index in [0.29, 0.717) is 5.56 Å². The number of ether oxygens (including phenoxy) is 2. The van der Waals surface area contributed by atoms with Crippen LogP contribution in [-0.4, -0.2) is 42.7 Å². The fourth-order valence-electron chi connectivity index (χ4n) is 3.71. The van der Waals surface area contributed by atoms with Gasteiger partial charge in [-0.2, -0.15) is 13.2 Å². The number of rotatable bonds is 6. The van der Waals surface area contributed by atoms with E-state index in [1.165, 1.54) is 6.07 Å². The quantitative estimate of drug-likeness (QED) is 0.695. The van der Waals surface area contributed by atoms with Crippen LogP contribution >= 0.6 is 0 Å². The van der Waals surface area contributed by atoms with Crippen LogP contribution in [0.2, 0.25) is 0 Å². The molecule has 2 unspecified atom stereocenters. The predicted octanol–water partition coefficient (Wildman–Crippen LogP) is 4.97. The number of hydrogen-bond acceptors (Lipinski definition) is 4. The summed E-state index contributed by atoms with van der Waals surface area (Å²) in [6.45, 7) is 8.48. The van der Waals surface area contributed by atoms with Gasteiger partial charge in [-0.1, -0.05) is 12.1 Å². The minimum Gasteiger partial charge on any atom is -0.492 e.